The van der Waals surface area contributed by atoms with Crippen molar-refractivity contribution < 1.29 is 13.2 Å². The number of hydrogen-bond donors (Lipinski definition) is 0. The molecule has 5 nitrogen and oxygen atoms in total. The summed E-state index contributed by atoms with van der Waals surface area (Å²) in [6.45, 7) is 3.97. The molecule has 18 heavy (non-hydrogen) atoms. The highest BCUT2D eigenvalue weighted by atomic mass is 32.2. The van der Waals surface area contributed by atoms with Gasteiger partial charge in [0, 0.05) is 31.6 Å². The highest BCUT2D eigenvalue weighted by molar-refractivity contribution is 7.88. The molecule has 0 radical (unpaired) electrons. The van der Waals surface area contributed by atoms with E-state index >= 15 is 0 Å². The highest BCUT2D eigenvalue weighted by Crippen LogP contribution is 2.39. The SMILES string of the molecule is CC1(C(=O)N2CCN(S(C)(=O)=O)CC2)CCCC1. The summed E-state index contributed by atoms with van der Waals surface area (Å²) in [6.07, 6.45) is 5.43. The van der Waals surface area contributed by atoms with Gasteiger partial charge in [0.1, 0.15) is 0 Å². The van der Waals surface area contributed by atoms with E-state index < -0.39 is 10.0 Å². The number of nitrogens with zero attached hydrogens (tertiary/aromatic N) is 2. The van der Waals surface area contributed by atoms with Crippen molar-refractivity contribution in [1.29, 1.82) is 0 Å². The first-order valence-corrected chi connectivity index (χ1v) is 8.42. The quantitative estimate of drug-likeness (QED) is 0.743. The fourth-order valence-electron chi connectivity index (χ4n) is 2.97. The van der Waals surface area contributed by atoms with E-state index in [2.05, 4.69) is 0 Å². The molecule has 1 aliphatic carbocycles. The third-order valence-corrected chi connectivity index (χ3v) is 5.52. The van der Waals surface area contributed by atoms with Crippen LogP contribution in [0.5, 0.6) is 0 Å². The molecule has 6 heteroatoms. The summed E-state index contributed by atoms with van der Waals surface area (Å²) in [4.78, 5) is 14.3. The molecule has 0 aromatic heterocycles. The van der Waals surface area contributed by atoms with Gasteiger partial charge in [0.25, 0.3) is 0 Å². The average Bonchev–Trinajstić information content (AvgIpc) is 2.75. The van der Waals surface area contributed by atoms with E-state index in [1.807, 2.05) is 11.8 Å². The van der Waals surface area contributed by atoms with Gasteiger partial charge in [-0.05, 0) is 12.8 Å². The second kappa shape index (κ2) is 4.81. The first-order valence-electron chi connectivity index (χ1n) is 6.57. The number of sulfonamides is 1. The van der Waals surface area contributed by atoms with Crippen LogP contribution in [0, 0.1) is 5.41 Å². The molecular formula is C12H22N2O3S. The lowest BCUT2D eigenvalue weighted by molar-refractivity contribution is -0.142. The van der Waals surface area contributed by atoms with Crippen LogP contribution in [-0.2, 0) is 14.8 Å². The van der Waals surface area contributed by atoms with Gasteiger partial charge in [0.05, 0.1) is 6.26 Å². The van der Waals surface area contributed by atoms with Gasteiger partial charge in [-0.1, -0.05) is 19.8 Å². The van der Waals surface area contributed by atoms with Crippen molar-refractivity contribution in [2.45, 2.75) is 32.6 Å². The normalized spacial score (nSPS) is 25.3. The van der Waals surface area contributed by atoms with Gasteiger partial charge in [0.2, 0.25) is 15.9 Å². The van der Waals surface area contributed by atoms with E-state index in [1.54, 1.807) is 0 Å². The van der Waals surface area contributed by atoms with Crippen molar-refractivity contribution in [1.82, 2.24) is 9.21 Å². The Bertz CT molecular complexity index is 419. The molecule has 0 unspecified atom stereocenters. The average molecular weight is 274 g/mol. The minimum atomic E-state index is -3.11. The van der Waals surface area contributed by atoms with Crippen LogP contribution in [0.3, 0.4) is 0 Å². The molecule has 0 atom stereocenters. The first kappa shape index (κ1) is 13.8. The molecule has 2 fully saturated rings. The van der Waals surface area contributed by atoms with E-state index in [0.717, 1.165) is 25.7 Å². The standard InChI is InChI=1S/C12H22N2O3S/c1-12(5-3-4-6-12)11(15)13-7-9-14(10-8-13)18(2,16)17/h3-10H2,1-2H3. The topological polar surface area (TPSA) is 57.7 Å². The van der Waals surface area contributed by atoms with E-state index in [9.17, 15) is 13.2 Å². The van der Waals surface area contributed by atoms with Crippen molar-refractivity contribution in [3.63, 3.8) is 0 Å². The maximum Gasteiger partial charge on any atom is 0.228 e. The van der Waals surface area contributed by atoms with Crippen molar-refractivity contribution in [3.8, 4) is 0 Å². The molecule has 0 N–H and O–H groups in total. The number of piperazine rings is 1. The first-order chi connectivity index (χ1) is 8.33. The number of carbonyl (C=O) groups is 1. The predicted octanol–water partition coefficient (Wildman–Crippen LogP) is 0.670. The smallest absolute Gasteiger partial charge is 0.228 e. The summed E-state index contributed by atoms with van der Waals surface area (Å²) in [7, 11) is -3.11. The molecular weight excluding hydrogens is 252 g/mol. The molecule has 1 heterocycles. The Balaban J connectivity index is 1.96. The molecule has 1 saturated carbocycles. The fourth-order valence-corrected chi connectivity index (χ4v) is 3.80. The van der Waals surface area contributed by atoms with Gasteiger partial charge in [-0.15, -0.1) is 0 Å². The van der Waals surface area contributed by atoms with Crippen molar-refractivity contribution in [2.24, 2.45) is 5.41 Å². The number of amides is 1. The monoisotopic (exact) mass is 274 g/mol. The molecule has 104 valence electrons. The van der Waals surface area contributed by atoms with Gasteiger partial charge >= 0.3 is 0 Å². The zero-order valence-corrected chi connectivity index (χ0v) is 12.0. The Labute approximate surface area is 109 Å². The minimum absolute atomic E-state index is 0.201. The molecule has 1 aliphatic heterocycles. The molecule has 1 amide bonds. The number of carbonyl (C=O) groups excluding carboxylic acids is 1. The van der Waals surface area contributed by atoms with Crippen LogP contribution in [0.25, 0.3) is 0 Å². The molecule has 2 aliphatic rings. The summed E-state index contributed by atoms with van der Waals surface area (Å²) in [5.41, 5.74) is -0.201. The Morgan fingerprint density at radius 1 is 1.06 bits per heavy atom. The second-order valence-electron chi connectivity index (χ2n) is 5.72. The third kappa shape index (κ3) is 2.69. The maximum atomic E-state index is 12.4. The zero-order valence-electron chi connectivity index (χ0n) is 11.2. The summed E-state index contributed by atoms with van der Waals surface area (Å²) < 4.78 is 24.3. The number of rotatable bonds is 2. The van der Waals surface area contributed by atoms with Gasteiger partial charge in [-0.2, -0.15) is 4.31 Å². The van der Waals surface area contributed by atoms with Crippen molar-refractivity contribution >= 4 is 15.9 Å². The molecule has 0 aromatic carbocycles. The lowest BCUT2D eigenvalue weighted by atomic mass is 9.87. The number of hydrogen-bond acceptors (Lipinski definition) is 3. The Morgan fingerprint density at radius 2 is 1.56 bits per heavy atom. The largest absolute Gasteiger partial charge is 0.340 e. The summed E-state index contributed by atoms with van der Waals surface area (Å²) >= 11 is 0. The molecule has 0 spiro atoms. The van der Waals surface area contributed by atoms with Gasteiger partial charge in [0.15, 0.2) is 0 Å². The van der Waals surface area contributed by atoms with Gasteiger partial charge in [-0.3, -0.25) is 4.79 Å². The molecule has 2 rings (SSSR count). The third-order valence-electron chi connectivity index (χ3n) is 4.22. The highest BCUT2D eigenvalue weighted by Gasteiger charge is 2.40. The van der Waals surface area contributed by atoms with Gasteiger partial charge in [-0.25, -0.2) is 8.42 Å². The van der Waals surface area contributed by atoms with Gasteiger partial charge < -0.3 is 4.90 Å². The Hall–Kier alpha value is -0.620. The van der Waals surface area contributed by atoms with Crippen LogP contribution >= 0.6 is 0 Å². The lowest BCUT2D eigenvalue weighted by Crippen LogP contribution is -2.53. The fraction of sp³-hybridized carbons (Fsp3) is 0.917. The predicted molar refractivity (Wildman–Crippen MR) is 69.6 cm³/mol. The van der Waals surface area contributed by atoms with Crippen molar-refractivity contribution in [3.05, 3.63) is 0 Å². The molecule has 0 bridgehead atoms. The van der Waals surface area contributed by atoms with E-state index in [4.69, 9.17) is 0 Å². The van der Waals surface area contributed by atoms with Crippen LogP contribution in [0.4, 0.5) is 0 Å². The van der Waals surface area contributed by atoms with E-state index in [-0.39, 0.29) is 11.3 Å². The van der Waals surface area contributed by atoms with Crippen molar-refractivity contribution in [2.75, 3.05) is 32.4 Å². The lowest BCUT2D eigenvalue weighted by Gasteiger charge is -2.37. The zero-order chi connectivity index (χ0) is 13.4. The van der Waals surface area contributed by atoms with E-state index in [0.29, 0.717) is 26.2 Å². The second-order valence-corrected chi connectivity index (χ2v) is 7.70. The van der Waals surface area contributed by atoms with Crippen LogP contribution in [0.2, 0.25) is 0 Å². The summed E-state index contributed by atoms with van der Waals surface area (Å²) in [5, 5.41) is 0. The van der Waals surface area contributed by atoms with Crippen LogP contribution in [-0.4, -0.2) is 56.0 Å². The summed E-state index contributed by atoms with van der Waals surface area (Å²) in [6, 6.07) is 0. The Morgan fingerprint density at radius 3 is 2.00 bits per heavy atom. The Kier molecular flexibility index (Phi) is 3.69. The molecule has 0 aromatic rings. The molecule has 1 saturated heterocycles. The minimum Gasteiger partial charge on any atom is -0.340 e. The maximum absolute atomic E-state index is 12.4. The van der Waals surface area contributed by atoms with Crippen LogP contribution in [0.1, 0.15) is 32.6 Å². The van der Waals surface area contributed by atoms with Crippen LogP contribution < -0.4 is 0 Å². The van der Waals surface area contributed by atoms with E-state index in [1.165, 1.54) is 10.6 Å². The van der Waals surface area contributed by atoms with Crippen LogP contribution in [0.15, 0.2) is 0 Å². The summed E-state index contributed by atoms with van der Waals surface area (Å²) in [5.74, 6) is 0.216.